The van der Waals surface area contributed by atoms with Crippen LogP contribution in [0.5, 0.6) is 11.5 Å². The second-order valence-electron chi connectivity index (χ2n) is 6.99. The van der Waals surface area contributed by atoms with Crippen LogP contribution in [0.3, 0.4) is 0 Å². The van der Waals surface area contributed by atoms with E-state index in [1.807, 2.05) is 6.92 Å². The average Bonchev–Trinajstić information content (AvgIpc) is 2.87. The van der Waals surface area contributed by atoms with Crippen molar-refractivity contribution < 1.29 is 27.5 Å². The molecule has 3 amide bonds. The van der Waals surface area contributed by atoms with Crippen LogP contribution >= 0.6 is 0 Å². The van der Waals surface area contributed by atoms with Gasteiger partial charge in [-0.15, -0.1) is 0 Å². The number of alkyl halides is 3. The van der Waals surface area contributed by atoms with E-state index >= 15 is 0 Å². The first-order valence-electron chi connectivity index (χ1n) is 9.74. The van der Waals surface area contributed by atoms with Crippen LogP contribution in [0.25, 0.3) is 0 Å². The average molecular weight is 441 g/mol. The van der Waals surface area contributed by atoms with Crippen LogP contribution in [-0.2, 0) is 6.18 Å². The lowest BCUT2D eigenvalue weighted by molar-refractivity contribution is -0.137. The summed E-state index contributed by atoms with van der Waals surface area (Å²) in [4.78, 5) is 27.0. The molecule has 164 valence electrons. The fourth-order valence-electron chi connectivity index (χ4n) is 3.38. The van der Waals surface area contributed by atoms with Gasteiger partial charge in [-0.25, -0.2) is 4.79 Å². The minimum Gasteiger partial charge on any atom is -0.454 e. The molecule has 9 heteroatoms. The number of halogens is 3. The maximum Gasteiger partial charge on any atom is 0.416 e. The molecule has 0 unspecified atom stereocenters. The Morgan fingerprint density at radius 3 is 2.38 bits per heavy atom. The van der Waals surface area contributed by atoms with Crippen LogP contribution in [0.15, 0.2) is 66.7 Å². The van der Waals surface area contributed by atoms with E-state index in [1.165, 1.54) is 18.2 Å². The lowest BCUT2D eigenvalue weighted by Gasteiger charge is -2.19. The highest BCUT2D eigenvalue weighted by Crippen LogP contribution is 2.39. The number of ether oxygens (including phenoxy) is 1. The van der Waals surface area contributed by atoms with Crippen LogP contribution in [0.2, 0.25) is 0 Å². The molecular weight excluding hydrogens is 423 g/mol. The van der Waals surface area contributed by atoms with Crippen molar-refractivity contribution in [2.45, 2.75) is 13.1 Å². The van der Waals surface area contributed by atoms with Crippen LogP contribution in [0, 0.1) is 0 Å². The molecule has 2 N–H and O–H groups in total. The van der Waals surface area contributed by atoms with E-state index < -0.39 is 17.8 Å². The van der Waals surface area contributed by atoms with Crippen molar-refractivity contribution in [3.8, 4) is 11.5 Å². The summed E-state index contributed by atoms with van der Waals surface area (Å²) in [5, 5.41) is 4.90. The fraction of sp³-hybridized carbons (Fsp3) is 0.130. The van der Waals surface area contributed by atoms with Crippen molar-refractivity contribution in [3.05, 3.63) is 77.9 Å². The first-order chi connectivity index (χ1) is 15.3. The topological polar surface area (TPSA) is 70.7 Å². The first kappa shape index (κ1) is 21.2. The van der Waals surface area contributed by atoms with Gasteiger partial charge in [0.25, 0.3) is 5.91 Å². The summed E-state index contributed by atoms with van der Waals surface area (Å²) >= 11 is 0. The molecule has 0 radical (unpaired) electrons. The van der Waals surface area contributed by atoms with Gasteiger partial charge < -0.3 is 20.3 Å². The smallest absolute Gasteiger partial charge is 0.416 e. The summed E-state index contributed by atoms with van der Waals surface area (Å²) in [5.74, 6) is 0.570. The maximum atomic E-state index is 13.1. The Kier molecular flexibility index (Phi) is 5.48. The Morgan fingerprint density at radius 2 is 1.66 bits per heavy atom. The minimum absolute atomic E-state index is 0.0147. The summed E-state index contributed by atoms with van der Waals surface area (Å²) in [5.41, 5.74) is 0.279. The Bertz CT molecular complexity index is 1190. The van der Waals surface area contributed by atoms with Gasteiger partial charge in [0.05, 0.1) is 16.8 Å². The number of benzene rings is 3. The third kappa shape index (κ3) is 4.22. The van der Waals surface area contributed by atoms with Gasteiger partial charge in [0.2, 0.25) is 0 Å². The van der Waals surface area contributed by atoms with Crippen molar-refractivity contribution >= 4 is 29.0 Å². The number of rotatable bonds is 3. The van der Waals surface area contributed by atoms with Crippen LogP contribution in [-0.4, -0.2) is 18.5 Å². The molecule has 1 aliphatic rings. The molecule has 0 bridgehead atoms. The van der Waals surface area contributed by atoms with E-state index in [-0.39, 0.29) is 22.8 Å². The molecule has 1 heterocycles. The number of urea groups is 1. The number of hydrogen-bond acceptors (Lipinski definition) is 3. The van der Waals surface area contributed by atoms with Gasteiger partial charge in [0.1, 0.15) is 5.75 Å². The van der Waals surface area contributed by atoms with Gasteiger partial charge in [0.15, 0.2) is 5.75 Å². The van der Waals surface area contributed by atoms with Gasteiger partial charge >= 0.3 is 12.2 Å². The highest BCUT2D eigenvalue weighted by atomic mass is 19.4. The summed E-state index contributed by atoms with van der Waals surface area (Å²) in [6.07, 6.45) is -4.52. The molecule has 32 heavy (non-hydrogen) atoms. The van der Waals surface area contributed by atoms with Crippen molar-refractivity contribution in [3.63, 3.8) is 0 Å². The molecule has 0 aromatic heterocycles. The quantitative estimate of drug-likeness (QED) is 0.514. The zero-order chi connectivity index (χ0) is 22.9. The van der Waals surface area contributed by atoms with E-state index in [9.17, 15) is 22.8 Å². The molecule has 0 spiro atoms. The number of nitrogens with zero attached hydrogens (tertiary/aromatic N) is 1. The Labute approximate surface area is 181 Å². The number of carbonyl (C=O) groups excluding carboxylic acids is 2. The van der Waals surface area contributed by atoms with E-state index in [1.54, 1.807) is 41.3 Å². The number of para-hydroxylation sites is 2. The van der Waals surface area contributed by atoms with E-state index in [4.69, 9.17) is 4.74 Å². The second-order valence-corrected chi connectivity index (χ2v) is 6.99. The SMILES string of the molecule is CCN1C(=O)c2cc(NC(=O)Nc3cccc(C(F)(F)F)c3)ccc2Oc2ccccc21. The van der Waals surface area contributed by atoms with Crippen molar-refractivity contribution in [1.82, 2.24) is 0 Å². The Hall–Kier alpha value is -4.01. The van der Waals surface area contributed by atoms with Gasteiger partial charge in [-0.1, -0.05) is 18.2 Å². The normalized spacial score (nSPS) is 12.9. The number of fused-ring (bicyclic) bond motifs is 2. The second kappa shape index (κ2) is 8.26. The fourth-order valence-corrected chi connectivity index (χ4v) is 3.38. The third-order valence-corrected chi connectivity index (χ3v) is 4.85. The first-order valence-corrected chi connectivity index (χ1v) is 9.74. The van der Waals surface area contributed by atoms with Crippen molar-refractivity contribution in [2.24, 2.45) is 0 Å². The maximum absolute atomic E-state index is 13.1. The third-order valence-electron chi connectivity index (χ3n) is 4.85. The monoisotopic (exact) mass is 441 g/mol. The summed E-state index contributed by atoms with van der Waals surface area (Å²) in [7, 11) is 0. The van der Waals surface area contributed by atoms with Crippen molar-refractivity contribution in [1.29, 1.82) is 0 Å². The molecule has 0 saturated heterocycles. The molecule has 0 aliphatic carbocycles. The lowest BCUT2D eigenvalue weighted by Crippen LogP contribution is -2.30. The predicted octanol–water partition coefficient (Wildman–Crippen LogP) is 6.12. The van der Waals surface area contributed by atoms with E-state index in [0.717, 1.165) is 12.1 Å². The molecule has 3 aromatic rings. The number of carbonyl (C=O) groups is 2. The Morgan fingerprint density at radius 1 is 0.938 bits per heavy atom. The van der Waals surface area contributed by atoms with Crippen LogP contribution in [0.4, 0.5) is 35.0 Å². The highest BCUT2D eigenvalue weighted by Gasteiger charge is 2.30. The molecule has 0 atom stereocenters. The Balaban J connectivity index is 1.56. The zero-order valence-electron chi connectivity index (χ0n) is 16.9. The number of anilines is 3. The summed E-state index contributed by atoms with van der Waals surface area (Å²) in [6.45, 7) is 2.25. The standard InChI is InChI=1S/C23H18F3N3O3/c1-2-29-18-8-3-4-9-20(18)32-19-11-10-16(13-17(19)21(29)30)28-22(31)27-15-7-5-6-14(12-15)23(24,25)26/h3-13H,2H2,1H3,(H2,27,28,31). The number of amides is 3. The van der Waals surface area contributed by atoms with Gasteiger partial charge in [0, 0.05) is 17.9 Å². The van der Waals surface area contributed by atoms with Gasteiger partial charge in [-0.2, -0.15) is 13.2 Å². The van der Waals surface area contributed by atoms with Crippen molar-refractivity contribution in [2.75, 3.05) is 22.1 Å². The van der Waals surface area contributed by atoms with Gasteiger partial charge in [-0.3, -0.25) is 4.79 Å². The van der Waals surface area contributed by atoms with E-state index in [2.05, 4.69) is 10.6 Å². The highest BCUT2D eigenvalue weighted by molar-refractivity contribution is 6.10. The van der Waals surface area contributed by atoms with Crippen LogP contribution < -0.4 is 20.3 Å². The summed E-state index contributed by atoms with van der Waals surface area (Å²) < 4.78 is 44.5. The lowest BCUT2D eigenvalue weighted by atomic mass is 10.1. The molecule has 6 nitrogen and oxygen atoms in total. The molecule has 0 saturated carbocycles. The summed E-state index contributed by atoms with van der Waals surface area (Å²) in [6, 6.07) is 15.3. The molecule has 4 rings (SSSR count). The largest absolute Gasteiger partial charge is 0.454 e. The number of hydrogen-bond donors (Lipinski definition) is 2. The molecule has 1 aliphatic heterocycles. The molecular formula is C23H18F3N3O3. The molecule has 3 aromatic carbocycles. The van der Waals surface area contributed by atoms with E-state index in [0.29, 0.717) is 23.7 Å². The van der Waals surface area contributed by atoms with Crippen LogP contribution in [0.1, 0.15) is 22.8 Å². The molecule has 0 fully saturated rings. The van der Waals surface area contributed by atoms with Gasteiger partial charge in [-0.05, 0) is 55.5 Å². The number of nitrogens with one attached hydrogen (secondary N) is 2. The predicted molar refractivity (Wildman–Crippen MR) is 114 cm³/mol. The minimum atomic E-state index is -4.52. The zero-order valence-corrected chi connectivity index (χ0v) is 16.9.